The van der Waals surface area contributed by atoms with E-state index < -0.39 is 5.97 Å². The van der Waals surface area contributed by atoms with Gasteiger partial charge in [-0.25, -0.2) is 0 Å². The van der Waals surface area contributed by atoms with Gasteiger partial charge in [-0.15, -0.1) is 0 Å². The highest BCUT2D eigenvalue weighted by atomic mass is 16.4. The Morgan fingerprint density at radius 1 is 1.07 bits per heavy atom. The molecule has 3 heteroatoms. The second-order valence-electron chi connectivity index (χ2n) is 12.0. The Labute approximate surface area is 177 Å². The molecular formula is C26H42O3. The van der Waals surface area contributed by atoms with Gasteiger partial charge in [-0.1, -0.05) is 41.0 Å². The van der Waals surface area contributed by atoms with Crippen LogP contribution in [0, 0.1) is 58.2 Å². The lowest BCUT2D eigenvalue weighted by molar-refractivity contribution is -0.170. The Balaban J connectivity index is 1.67. The highest BCUT2D eigenvalue weighted by Gasteiger charge is 2.64. The summed E-state index contributed by atoms with van der Waals surface area (Å²) in [6.07, 6.45) is 9.73. The first-order chi connectivity index (χ1) is 13.6. The van der Waals surface area contributed by atoms with E-state index >= 15 is 0 Å². The molecule has 4 aliphatic rings. The van der Waals surface area contributed by atoms with E-state index in [1.165, 1.54) is 32.1 Å². The third-order valence-corrected chi connectivity index (χ3v) is 10.7. The van der Waals surface area contributed by atoms with E-state index in [1.807, 2.05) is 0 Å². The number of carbonyl (C=O) groups is 2. The van der Waals surface area contributed by atoms with Crippen LogP contribution in [0.4, 0.5) is 0 Å². The number of fused-ring (bicyclic) bond motifs is 5. The number of hydrogen-bond acceptors (Lipinski definition) is 2. The van der Waals surface area contributed by atoms with Crippen LogP contribution in [0.3, 0.4) is 0 Å². The van der Waals surface area contributed by atoms with Gasteiger partial charge in [-0.3, -0.25) is 9.59 Å². The SMILES string of the molecule is CC[C@H]1C(=O)[C@@H]2[C@H](CC[C@]3(C)[C@@H]([C@H](C)CC(=O)O)CC[C@@H]23)[C@@]2(C)CC[C@@H](C)C[C@@H]12. The van der Waals surface area contributed by atoms with Gasteiger partial charge >= 0.3 is 5.97 Å². The number of carboxylic acid groups (broad SMARTS) is 1. The van der Waals surface area contributed by atoms with Crippen molar-refractivity contribution in [3.8, 4) is 0 Å². The van der Waals surface area contributed by atoms with Crippen LogP contribution in [-0.2, 0) is 9.59 Å². The van der Waals surface area contributed by atoms with Crippen molar-refractivity contribution >= 4 is 11.8 Å². The zero-order valence-electron chi connectivity index (χ0n) is 19.2. The normalized spacial score (nSPS) is 50.4. The lowest BCUT2D eigenvalue weighted by Gasteiger charge is -2.62. The number of ketones is 1. The number of hydrogen-bond donors (Lipinski definition) is 1. The molecule has 10 atom stereocenters. The third-order valence-electron chi connectivity index (χ3n) is 10.7. The molecule has 0 aromatic carbocycles. The summed E-state index contributed by atoms with van der Waals surface area (Å²) in [6, 6.07) is 0. The van der Waals surface area contributed by atoms with Crippen LogP contribution in [0.15, 0.2) is 0 Å². The van der Waals surface area contributed by atoms with Crippen molar-refractivity contribution in [1.82, 2.24) is 0 Å². The molecule has 0 spiro atoms. The van der Waals surface area contributed by atoms with Crippen molar-refractivity contribution < 1.29 is 14.7 Å². The standard InChI is InChI=1S/C26H42O3/c1-6-17-21-13-15(2)9-11-26(21,5)20-10-12-25(4)18(16(3)14-22(27)28)7-8-19(25)23(20)24(17)29/h15-21,23H,6-14H2,1-5H3,(H,27,28)/t15-,16-,17-,18-,19+,20+,21+,23+,25-,26-/m1/s1. The maximum atomic E-state index is 13.9. The van der Waals surface area contributed by atoms with Crippen LogP contribution < -0.4 is 0 Å². The van der Waals surface area contributed by atoms with E-state index in [0.29, 0.717) is 34.9 Å². The number of rotatable bonds is 4. The predicted octanol–water partition coefficient (Wildman–Crippen LogP) is 6.21. The summed E-state index contributed by atoms with van der Waals surface area (Å²) in [5.41, 5.74) is 0.479. The van der Waals surface area contributed by atoms with E-state index in [-0.39, 0.29) is 29.6 Å². The predicted molar refractivity (Wildman–Crippen MR) is 115 cm³/mol. The number of aliphatic carboxylic acids is 1. The molecule has 0 aliphatic heterocycles. The van der Waals surface area contributed by atoms with Crippen LogP contribution in [0.2, 0.25) is 0 Å². The molecule has 4 rings (SSSR count). The molecule has 0 amide bonds. The van der Waals surface area contributed by atoms with Gasteiger partial charge in [0.15, 0.2) is 0 Å². The zero-order chi connectivity index (χ0) is 21.1. The third kappa shape index (κ3) is 3.12. The second kappa shape index (κ2) is 7.38. The number of carbonyl (C=O) groups excluding carboxylic acids is 1. The van der Waals surface area contributed by atoms with Crippen LogP contribution in [0.25, 0.3) is 0 Å². The second-order valence-corrected chi connectivity index (χ2v) is 12.0. The van der Waals surface area contributed by atoms with Gasteiger partial charge in [0.05, 0.1) is 0 Å². The Morgan fingerprint density at radius 2 is 1.72 bits per heavy atom. The van der Waals surface area contributed by atoms with Gasteiger partial charge < -0.3 is 5.11 Å². The van der Waals surface area contributed by atoms with E-state index in [0.717, 1.165) is 25.2 Å². The van der Waals surface area contributed by atoms with Crippen molar-refractivity contribution in [2.24, 2.45) is 58.2 Å². The molecule has 4 saturated carbocycles. The largest absolute Gasteiger partial charge is 0.481 e. The Kier molecular flexibility index (Phi) is 5.44. The van der Waals surface area contributed by atoms with Crippen LogP contribution in [0.1, 0.15) is 92.4 Å². The Morgan fingerprint density at radius 3 is 2.38 bits per heavy atom. The Hall–Kier alpha value is -0.860. The summed E-state index contributed by atoms with van der Waals surface area (Å²) in [5, 5.41) is 9.35. The molecule has 0 aromatic heterocycles. The van der Waals surface area contributed by atoms with Crippen LogP contribution >= 0.6 is 0 Å². The van der Waals surface area contributed by atoms with Crippen molar-refractivity contribution in [3.63, 3.8) is 0 Å². The van der Waals surface area contributed by atoms with E-state index in [1.54, 1.807) is 0 Å². The Bertz CT molecular complexity index is 671. The average Bonchev–Trinajstić information content (AvgIpc) is 3.00. The molecule has 0 radical (unpaired) electrons. The summed E-state index contributed by atoms with van der Waals surface area (Å²) < 4.78 is 0. The minimum absolute atomic E-state index is 0.148. The summed E-state index contributed by atoms with van der Waals surface area (Å²) in [4.78, 5) is 25.3. The fourth-order valence-electron chi connectivity index (χ4n) is 9.25. The first-order valence-electron chi connectivity index (χ1n) is 12.4. The fraction of sp³-hybridized carbons (Fsp3) is 0.923. The maximum absolute atomic E-state index is 13.9. The van der Waals surface area contributed by atoms with Crippen molar-refractivity contribution in [2.75, 3.05) is 0 Å². The van der Waals surface area contributed by atoms with Crippen molar-refractivity contribution in [3.05, 3.63) is 0 Å². The lowest BCUT2D eigenvalue weighted by Crippen LogP contribution is -2.60. The first-order valence-corrected chi connectivity index (χ1v) is 12.4. The molecule has 4 fully saturated rings. The fourth-order valence-corrected chi connectivity index (χ4v) is 9.25. The molecule has 29 heavy (non-hydrogen) atoms. The van der Waals surface area contributed by atoms with Crippen molar-refractivity contribution in [1.29, 1.82) is 0 Å². The van der Waals surface area contributed by atoms with Crippen LogP contribution in [-0.4, -0.2) is 16.9 Å². The van der Waals surface area contributed by atoms with E-state index in [9.17, 15) is 14.7 Å². The van der Waals surface area contributed by atoms with Crippen molar-refractivity contribution in [2.45, 2.75) is 92.4 Å². The van der Waals surface area contributed by atoms with Crippen LogP contribution in [0.5, 0.6) is 0 Å². The van der Waals surface area contributed by atoms with Gasteiger partial charge in [0, 0.05) is 18.3 Å². The molecule has 0 aromatic rings. The molecule has 164 valence electrons. The smallest absolute Gasteiger partial charge is 0.303 e. The monoisotopic (exact) mass is 402 g/mol. The zero-order valence-corrected chi connectivity index (χ0v) is 19.2. The highest BCUT2D eigenvalue weighted by molar-refractivity contribution is 5.86. The summed E-state index contributed by atoms with van der Waals surface area (Å²) in [6.45, 7) is 11.7. The molecule has 0 heterocycles. The highest BCUT2D eigenvalue weighted by Crippen LogP contribution is 2.69. The number of carboxylic acids is 1. The van der Waals surface area contributed by atoms with Gasteiger partial charge in [-0.2, -0.15) is 0 Å². The molecule has 4 aliphatic carbocycles. The molecule has 0 saturated heterocycles. The molecule has 0 unspecified atom stereocenters. The minimum atomic E-state index is -0.676. The van der Waals surface area contributed by atoms with Gasteiger partial charge in [-0.05, 0) is 91.3 Å². The summed E-state index contributed by atoms with van der Waals surface area (Å²) in [7, 11) is 0. The number of Topliss-reactive ketones (excluding diaryl/α,β-unsaturated/α-hetero) is 1. The molecular weight excluding hydrogens is 360 g/mol. The average molecular weight is 403 g/mol. The lowest BCUT2D eigenvalue weighted by atomic mass is 9.41. The maximum Gasteiger partial charge on any atom is 0.303 e. The quantitative estimate of drug-likeness (QED) is 0.608. The molecule has 1 N–H and O–H groups in total. The first kappa shape index (κ1) is 21.4. The van der Waals surface area contributed by atoms with Gasteiger partial charge in [0.25, 0.3) is 0 Å². The minimum Gasteiger partial charge on any atom is -0.481 e. The van der Waals surface area contributed by atoms with Gasteiger partial charge in [0.2, 0.25) is 0 Å². The van der Waals surface area contributed by atoms with E-state index in [2.05, 4.69) is 34.6 Å². The topological polar surface area (TPSA) is 54.4 Å². The summed E-state index contributed by atoms with van der Waals surface area (Å²) >= 11 is 0. The van der Waals surface area contributed by atoms with E-state index in [4.69, 9.17) is 0 Å². The molecule has 3 nitrogen and oxygen atoms in total. The summed E-state index contributed by atoms with van der Waals surface area (Å²) in [5.74, 6) is 3.43. The molecule has 0 bridgehead atoms. The van der Waals surface area contributed by atoms with Gasteiger partial charge in [0.1, 0.15) is 5.78 Å².